The van der Waals surface area contributed by atoms with Gasteiger partial charge in [-0.1, -0.05) is 12.1 Å². The van der Waals surface area contributed by atoms with Crippen LogP contribution in [0.2, 0.25) is 0 Å². The lowest BCUT2D eigenvalue weighted by Gasteiger charge is -2.22. The van der Waals surface area contributed by atoms with Gasteiger partial charge in [0.15, 0.2) is 0 Å². The molecule has 25 heavy (non-hydrogen) atoms. The van der Waals surface area contributed by atoms with Gasteiger partial charge in [-0.15, -0.1) is 0 Å². The Morgan fingerprint density at radius 2 is 1.88 bits per heavy atom. The van der Waals surface area contributed by atoms with Crippen LogP contribution in [0.25, 0.3) is 5.69 Å². The lowest BCUT2D eigenvalue weighted by molar-refractivity contribution is 0.244. The van der Waals surface area contributed by atoms with Gasteiger partial charge in [0, 0.05) is 49.8 Å². The highest BCUT2D eigenvalue weighted by Gasteiger charge is 2.30. The van der Waals surface area contributed by atoms with Crippen LogP contribution in [0.1, 0.15) is 35.4 Å². The summed E-state index contributed by atoms with van der Waals surface area (Å²) in [7, 11) is 2.03. The predicted molar refractivity (Wildman–Crippen MR) is 98.5 cm³/mol. The van der Waals surface area contributed by atoms with Crippen molar-refractivity contribution in [3.8, 4) is 5.69 Å². The second-order valence-electron chi connectivity index (χ2n) is 7.03. The van der Waals surface area contributed by atoms with E-state index in [2.05, 4.69) is 53.2 Å². The molecule has 0 saturated heterocycles. The first-order valence-electron chi connectivity index (χ1n) is 8.94. The van der Waals surface area contributed by atoms with Gasteiger partial charge in [0.05, 0.1) is 11.4 Å². The van der Waals surface area contributed by atoms with Crippen molar-refractivity contribution in [1.82, 2.24) is 24.5 Å². The molecule has 5 nitrogen and oxygen atoms in total. The highest BCUT2D eigenvalue weighted by Crippen LogP contribution is 2.31. The maximum Gasteiger partial charge on any atom is 0.0645 e. The molecule has 1 fully saturated rings. The summed E-state index contributed by atoms with van der Waals surface area (Å²) in [6.07, 6.45) is 6.40. The molecule has 0 unspecified atom stereocenters. The summed E-state index contributed by atoms with van der Waals surface area (Å²) in [5.41, 5.74) is 6.26. The normalized spacial score (nSPS) is 14.4. The largest absolute Gasteiger partial charge is 0.292 e. The van der Waals surface area contributed by atoms with Crippen LogP contribution in [0.5, 0.6) is 0 Å². The number of aromatic nitrogens is 4. The van der Waals surface area contributed by atoms with E-state index >= 15 is 0 Å². The minimum absolute atomic E-state index is 0.713. The van der Waals surface area contributed by atoms with Gasteiger partial charge >= 0.3 is 0 Å². The van der Waals surface area contributed by atoms with Gasteiger partial charge in [0.2, 0.25) is 0 Å². The minimum Gasteiger partial charge on any atom is -0.292 e. The van der Waals surface area contributed by atoms with Gasteiger partial charge in [-0.2, -0.15) is 10.2 Å². The van der Waals surface area contributed by atoms with Crippen LogP contribution in [-0.2, 0) is 20.1 Å². The van der Waals surface area contributed by atoms with Crippen molar-refractivity contribution in [3.63, 3.8) is 0 Å². The SMILES string of the molecule is Cc1nn(C)c(C)c1CN(Cc1ccc(-n2cccn2)cc1)C1CC1. The Balaban J connectivity index is 1.50. The van der Waals surface area contributed by atoms with E-state index in [0.29, 0.717) is 6.04 Å². The zero-order chi connectivity index (χ0) is 17.4. The van der Waals surface area contributed by atoms with Crippen LogP contribution in [0.15, 0.2) is 42.7 Å². The van der Waals surface area contributed by atoms with Crippen LogP contribution in [0, 0.1) is 13.8 Å². The molecule has 0 bridgehead atoms. The van der Waals surface area contributed by atoms with Crippen molar-refractivity contribution < 1.29 is 0 Å². The van der Waals surface area contributed by atoms with Crippen molar-refractivity contribution >= 4 is 0 Å². The fourth-order valence-electron chi connectivity index (χ4n) is 3.41. The van der Waals surface area contributed by atoms with E-state index in [0.717, 1.165) is 24.5 Å². The third-order valence-electron chi connectivity index (χ3n) is 5.17. The third-order valence-corrected chi connectivity index (χ3v) is 5.17. The molecule has 1 aromatic carbocycles. The average Bonchev–Trinajstić information content (AvgIpc) is 3.26. The lowest BCUT2D eigenvalue weighted by atomic mass is 10.1. The van der Waals surface area contributed by atoms with E-state index < -0.39 is 0 Å². The number of rotatable bonds is 6. The maximum atomic E-state index is 4.57. The minimum atomic E-state index is 0.713. The Kier molecular flexibility index (Phi) is 4.17. The van der Waals surface area contributed by atoms with E-state index in [1.54, 1.807) is 6.20 Å². The van der Waals surface area contributed by atoms with E-state index in [4.69, 9.17) is 0 Å². The summed E-state index contributed by atoms with van der Waals surface area (Å²) in [5.74, 6) is 0. The molecule has 2 heterocycles. The molecule has 1 aliphatic rings. The number of nitrogens with zero attached hydrogens (tertiary/aromatic N) is 5. The molecule has 130 valence electrons. The van der Waals surface area contributed by atoms with E-state index in [1.807, 2.05) is 28.7 Å². The monoisotopic (exact) mass is 335 g/mol. The van der Waals surface area contributed by atoms with Gasteiger partial charge in [0.1, 0.15) is 0 Å². The molecule has 4 rings (SSSR count). The summed E-state index contributed by atoms with van der Waals surface area (Å²) >= 11 is 0. The molecule has 0 aliphatic heterocycles. The van der Waals surface area contributed by atoms with Crippen molar-refractivity contribution in [2.24, 2.45) is 7.05 Å². The second kappa shape index (κ2) is 6.48. The molecule has 0 atom stereocenters. The molecule has 3 aromatic rings. The molecule has 0 radical (unpaired) electrons. The van der Waals surface area contributed by atoms with Crippen LogP contribution in [0.4, 0.5) is 0 Å². The molecular formula is C20H25N5. The highest BCUT2D eigenvalue weighted by atomic mass is 15.3. The summed E-state index contributed by atoms with van der Waals surface area (Å²) in [4.78, 5) is 2.60. The van der Waals surface area contributed by atoms with Crippen molar-refractivity contribution in [3.05, 3.63) is 65.2 Å². The van der Waals surface area contributed by atoms with E-state index in [1.165, 1.54) is 29.7 Å². The molecule has 0 amide bonds. The third kappa shape index (κ3) is 3.37. The number of hydrogen-bond acceptors (Lipinski definition) is 3. The molecule has 2 aromatic heterocycles. The first-order chi connectivity index (χ1) is 12.1. The van der Waals surface area contributed by atoms with Crippen molar-refractivity contribution in [2.75, 3.05) is 0 Å². The lowest BCUT2D eigenvalue weighted by Crippen LogP contribution is -2.25. The Morgan fingerprint density at radius 1 is 1.12 bits per heavy atom. The smallest absolute Gasteiger partial charge is 0.0645 e. The highest BCUT2D eigenvalue weighted by molar-refractivity contribution is 5.34. The quantitative estimate of drug-likeness (QED) is 0.693. The second-order valence-corrected chi connectivity index (χ2v) is 7.03. The van der Waals surface area contributed by atoms with E-state index in [-0.39, 0.29) is 0 Å². The Morgan fingerprint density at radius 3 is 2.44 bits per heavy atom. The molecule has 5 heteroatoms. The fraction of sp³-hybridized carbons (Fsp3) is 0.400. The molecule has 0 spiro atoms. The van der Waals surface area contributed by atoms with Crippen molar-refractivity contribution in [2.45, 2.75) is 45.8 Å². The summed E-state index contributed by atoms with van der Waals surface area (Å²) in [6.45, 7) is 6.25. The van der Waals surface area contributed by atoms with E-state index in [9.17, 15) is 0 Å². The van der Waals surface area contributed by atoms with Crippen LogP contribution < -0.4 is 0 Å². The Hall–Kier alpha value is -2.40. The fourth-order valence-corrected chi connectivity index (χ4v) is 3.41. The van der Waals surface area contributed by atoms with Crippen LogP contribution in [-0.4, -0.2) is 30.5 Å². The molecule has 1 aliphatic carbocycles. The van der Waals surface area contributed by atoms with Gasteiger partial charge in [-0.25, -0.2) is 4.68 Å². The average molecular weight is 335 g/mol. The topological polar surface area (TPSA) is 38.9 Å². The number of aryl methyl sites for hydroxylation is 2. The van der Waals surface area contributed by atoms with Crippen molar-refractivity contribution in [1.29, 1.82) is 0 Å². The first kappa shape index (κ1) is 16.1. The summed E-state index contributed by atoms with van der Waals surface area (Å²) < 4.78 is 3.89. The zero-order valence-corrected chi connectivity index (χ0v) is 15.2. The van der Waals surface area contributed by atoms with Gasteiger partial charge in [-0.05, 0) is 50.5 Å². The number of hydrogen-bond donors (Lipinski definition) is 0. The standard InChI is InChI=1S/C20H25N5/c1-15-20(16(2)23(3)22-15)14-24(18-9-10-18)13-17-5-7-19(8-6-17)25-12-4-11-21-25/h4-8,11-12,18H,9-10,13-14H2,1-3H3. The van der Waals surface area contributed by atoms with Gasteiger partial charge in [-0.3, -0.25) is 9.58 Å². The Labute approximate surface area is 148 Å². The maximum absolute atomic E-state index is 4.57. The molecular weight excluding hydrogens is 310 g/mol. The predicted octanol–water partition coefficient (Wildman–Crippen LogP) is 3.39. The summed E-state index contributed by atoms with van der Waals surface area (Å²) in [5, 5.41) is 8.86. The van der Waals surface area contributed by atoms with Crippen LogP contribution >= 0.6 is 0 Å². The summed E-state index contributed by atoms with van der Waals surface area (Å²) in [6, 6.07) is 11.4. The Bertz CT molecular complexity index is 841. The molecule has 0 N–H and O–H groups in total. The first-order valence-corrected chi connectivity index (χ1v) is 8.94. The molecule has 1 saturated carbocycles. The van der Waals surface area contributed by atoms with Gasteiger partial charge in [0.25, 0.3) is 0 Å². The number of benzene rings is 1. The zero-order valence-electron chi connectivity index (χ0n) is 15.2. The van der Waals surface area contributed by atoms with Crippen LogP contribution in [0.3, 0.4) is 0 Å². The van der Waals surface area contributed by atoms with Gasteiger partial charge < -0.3 is 0 Å².